The normalized spacial score (nSPS) is 16.5. The first-order valence-corrected chi connectivity index (χ1v) is 9.34. The molecule has 8 nitrogen and oxygen atoms in total. The van der Waals surface area contributed by atoms with Crippen LogP contribution in [0.5, 0.6) is 0 Å². The maximum absolute atomic E-state index is 13.3. The third kappa shape index (κ3) is 4.46. The zero-order valence-electron chi connectivity index (χ0n) is 16.3. The average Bonchev–Trinajstić information content (AvgIpc) is 3.22. The van der Waals surface area contributed by atoms with Gasteiger partial charge < -0.3 is 15.7 Å². The Balaban J connectivity index is 1.67. The Morgan fingerprint density at radius 2 is 1.87 bits per heavy atom. The van der Waals surface area contributed by atoms with Crippen molar-refractivity contribution in [3.8, 4) is 0 Å². The second-order valence-electron chi connectivity index (χ2n) is 7.05. The van der Waals surface area contributed by atoms with Crippen LogP contribution in [0.3, 0.4) is 0 Å². The van der Waals surface area contributed by atoms with Crippen LogP contribution in [0.2, 0.25) is 0 Å². The van der Waals surface area contributed by atoms with E-state index in [1.54, 1.807) is 6.07 Å². The van der Waals surface area contributed by atoms with E-state index < -0.39 is 23.7 Å². The molecule has 2 heterocycles. The molecule has 30 heavy (non-hydrogen) atoms. The van der Waals surface area contributed by atoms with Crippen molar-refractivity contribution in [2.75, 3.05) is 26.2 Å². The molecule has 1 saturated heterocycles. The summed E-state index contributed by atoms with van der Waals surface area (Å²) in [7, 11) is 0. The highest BCUT2D eigenvalue weighted by Gasteiger charge is 2.34. The van der Waals surface area contributed by atoms with Crippen molar-refractivity contribution >= 4 is 12.0 Å². The summed E-state index contributed by atoms with van der Waals surface area (Å²) in [5.74, 6) is -1.22. The molecule has 1 fully saturated rings. The number of aromatic carboxylic acids is 1. The van der Waals surface area contributed by atoms with Crippen LogP contribution in [0.15, 0.2) is 30.5 Å². The number of hydrogen-bond donors (Lipinski definition) is 2. The van der Waals surface area contributed by atoms with Crippen LogP contribution in [-0.2, 0) is 12.7 Å². The van der Waals surface area contributed by atoms with E-state index in [0.717, 1.165) is 10.7 Å². The molecule has 3 rings (SSSR count). The third-order valence-corrected chi connectivity index (χ3v) is 5.28. The van der Waals surface area contributed by atoms with Gasteiger partial charge in [0.25, 0.3) is 0 Å². The molecule has 1 aliphatic rings. The fourth-order valence-electron chi connectivity index (χ4n) is 3.50. The van der Waals surface area contributed by atoms with Crippen molar-refractivity contribution in [1.29, 1.82) is 0 Å². The van der Waals surface area contributed by atoms with E-state index in [-0.39, 0.29) is 23.8 Å². The van der Waals surface area contributed by atoms with E-state index in [0.29, 0.717) is 31.7 Å². The molecule has 1 atom stereocenters. The molecule has 0 saturated carbocycles. The molecule has 2 aromatic rings. The largest absolute Gasteiger partial charge is 0.476 e. The monoisotopic (exact) mass is 425 g/mol. The molecule has 162 valence electrons. The van der Waals surface area contributed by atoms with Gasteiger partial charge in [0.05, 0.1) is 5.56 Å². The van der Waals surface area contributed by atoms with Gasteiger partial charge in [-0.05, 0) is 30.2 Å². The molecule has 11 heteroatoms. The number of carboxylic acid groups (broad SMARTS) is 1. The van der Waals surface area contributed by atoms with Gasteiger partial charge in [0.1, 0.15) is 0 Å². The molecule has 1 aromatic heterocycles. The van der Waals surface area contributed by atoms with Crippen LogP contribution in [0, 0.1) is 0 Å². The predicted octanol–water partition coefficient (Wildman–Crippen LogP) is 2.41. The van der Waals surface area contributed by atoms with Crippen LogP contribution in [0.4, 0.5) is 18.0 Å². The number of nitrogens with zero attached hydrogens (tertiary/aromatic N) is 4. The van der Waals surface area contributed by atoms with Crippen molar-refractivity contribution in [1.82, 2.24) is 19.6 Å². The van der Waals surface area contributed by atoms with Gasteiger partial charge >= 0.3 is 18.2 Å². The predicted molar refractivity (Wildman–Crippen MR) is 101 cm³/mol. The quantitative estimate of drug-likeness (QED) is 0.780. The van der Waals surface area contributed by atoms with Crippen molar-refractivity contribution in [2.24, 2.45) is 5.73 Å². The minimum atomic E-state index is -4.48. The van der Waals surface area contributed by atoms with Crippen LogP contribution in [0.1, 0.15) is 40.1 Å². The summed E-state index contributed by atoms with van der Waals surface area (Å²) in [5, 5.41) is 12.6. The Hall–Kier alpha value is -2.92. The molecule has 0 aliphatic carbocycles. The van der Waals surface area contributed by atoms with E-state index in [4.69, 9.17) is 10.8 Å². The standard InChI is InChI=1S/C19H22F3N5O3/c1-12(13-2-3-14(11-23)15(10-13)19(20,21)22)25-6-8-26(9-7-25)18(30)27-5-4-16(24-27)17(28)29/h2-5,10,12H,6-9,11,23H2,1H3,(H,28,29). The van der Waals surface area contributed by atoms with Crippen molar-refractivity contribution in [3.63, 3.8) is 0 Å². The lowest BCUT2D eigenvalue weighted by Crippen LogP contribution is -2.50. The highest BCUT2D eigenvalue weighted by molar-refractivity contribution is 5.86. The van der Waals surface area contributed by atoms with Gasteiger partial charge in [0.2, 0.25) is 0 Å². The van der Waals surface area contributed by atoms with Crippen molar-refractivity contribution in [3.05, 3.63) is 52.8 Å². The van der Waals surface area contributed by atoms with Gasteiger partial charge in [-0.2, -0.15) is 23.0 Å². The number of halogens is 3. The Morgan fingerprint density at radius 1 is 1.20 bits per heavy atom. The highest BCUT2D eigenvalue weighted by Crippen LogP contribution is 2.34. The maximum Gasteiger partial charge on any atom is 0.416 e. The molecule has 0 radical (unpaired) electrons. The number of aromatic nitrogens is 2. The molecule has 0 spiro atoms. The molecule has 1 aliphatic heterocycles. The number of hydrogen-bond acceptors (Lipinski definition) is 5. The van der Waals surface area contributed by atoms with E-state index in [1.807, 2.05) is 11.8 Å². The number of rotatable bonds is 4. The van der Waals surface area contributed by atoms with E-state index in [2.05, 4.69) is 5.10 Å². The summed E-state index contributed by atoms with van der Waals surface area (Å²) in [5.41, 5.74) is 5.06. The second-order valence-corrected chi connectivity index (χ2v) is 7.05. The van der Waals surface area contributed by atoms with Gasteiger partial charge in [-0.1, -0.05) is 12.1 Å². The number of carbonyl (C=O) groups excluding carboxylic acids is 1. The molecule has 1 aromatic carbocycles. The number of alkyl halides is 3. The van der Waals surface area contributed by atoms with Gasteiger partial charge in [-0.15, -0.1) is 0 Å². The van der Waals surface area contributed by atoms with E-state index in [1.165, 1.54) is 23.2 Å². The van der Waals surface area contributed by atoms with E-state index in [9.17, 15) is 22.8 Å². The summed E-state index contributed by atoms with van der Waals surface area (Å²) >= 11 is 0. The first kappa shape index (κ1) is 21.8. The number of carboxylic acids is 1. The summed E-state index contributed by atoms with van der Waals surface area (Å²) in [6.07, 6.45) is -3.19. The summed E-state index contributed by atoms with van der Waals surface area (Å²) in [4.78, 5) is 26.9. The molecular formula is C19H22F3N5O3. The third-order valence-electron chi connectivity index (χ3n) is 5.28. The Kier molecular flexibility index (Phi) is 6.13. The highest BCUT2D eigenvalue weighted by atomic mass is 19.4. The fraction of sp³-hybridized carbons (Fsp3) is 0.421. The van der Waals surface area contributed by atoms with Crippen LogP contribution in [-0.4, -0.2) is 62.9 Å². The molecule has 3 N–H and O–H groups in total. The number of carbonyl (C=O) groups is 2. The first-order valence-electron chi connectivity index (χ1n) is 9.34. The lowest BCUT2D eigenvalue weighted by molar-refractivity contribution is -0.138. The van der Waals surface area contributed by atoms with Crippen LogP contribution >= 0.6 is 0 Å². The fourth-order valence-corrected chi connectivity index (χ4v) is 3.50. The van der Waals surface area contributed by atoms with Crippen molar-refractivity contribution < 1.29 is 27.9 Å². The van der Waals surface area contributed by atoms with Crippen LogP contribution < -0.4 is 5.73 Å². The average molecular weight is 425 g/mol. The van der Waals surface area contributed by atoms with Crippen LogP contribution in [0.25, 0.3) is 0 Å². The van der Waals surface area contributed by atoms with Gasteiger partial charge in [-0.3, -0.25) is 4.90 Å². The second kappa shape index (κ2) is 8.44. The Bertz CT molecular complexity index is 936. The minimum Gasteiger partial charge on any atom is -0.476 e. The number of piperazine rings is 1. The maximum atomic E-state index is 13.3. The van der Waals surface area contributed by atoms with E-state index >= 15 is 0 Å². The first-order chi connectivity index (χ1) is 14.1. The SMILES string of the molecule is CC(c1ccc(CN)c(C(F)(F)F)c1)N1CCN(C(=O)n2ccc(C(=O)O)n2)CC1. The van der Waals surface area contributed by atoms with Gasteiger partial charge in [0, 0.05) is 45.0 Å². The molecule has 1 amide bonds. The van der Waals surface area contributed by atoms with Gasteiger partial charge in [-0.25, -0.2) is 9.59 Å². The Labute approximate surface area is 170 Å². The topological polar surface area (TPSA) is 105 Å². The number of benzene rings is 1. The van der Waals surface area contributed by atoms with Gasteiger partial charge in [0.15, 0.2) is 5.69 Å². The molecule has 0 bridgehead atoms. The number of nitrogens with two attached hydrogens (primary N) is 1. The zero-order valence-corrected chi connectivity index (χ0v) is 16.3. The zero-order chi connectivity index (χ0) is 22.1. The molecular weight excluding hydrogens is 403 g/mol. The smallest absolute Gasteiger partial charge is 0.416 e. The summed E-state index contributed by atoms with van der Waals surface area (Å²) in [6.45, 7) is 3.24. The lowest BCUT2D eigenvalue weighted by Gasteiger charge is -2.38. The number of amides is 1. The molecule has 1 unspecified atom stereocenters. The lowest BCUT2D eigenvalue weighted by atomic mass is 9.98. The Morgan fingerprint density at radius 3 is 2.40 bits per heavy atom. The summed E-state index contributed by atoms with van der Waals surface area (Å²) < 4.78 is 40.9. The minimum absolute atomic E-state index is 0.0498. The summed E-state index contributed by atoms with van der Waals surface area (Å²) in [6, 6.07) is 4.71. The van der Waals surface area contributed by atoms with Crippen molar-refractivity contribution in [2.45, 2.75) is 25.7 Å².